The third-order valence-electron chi connectivity index (χ3n) is 4.45. The first kappa shape index (κ1) is 20.1. The van der Waals surface area contributed by atoms with Crippen LogP contribution in [0.1, 0.15) is 25.5 Å². The van der Waals surface area contributed by atoms with Gasteiger partial charge in [-0.25, -0.2) is 14.5 Å². The van der Waals surface area contributed by atoms with E-state index in [-0.39, 0.29) is 6.04 Å². The minimum Gasteiger partial charge on any atom is -0.465 e. The number of pyridine rings is 1. The van der Waals surface area contributed by atoms with Crippen LogP contribution in [0.2, 0.25) is 5.02 Å². The number of amides is 1. The highest BCUT2D eigenvalue weighted by Gasteiger charge is 2.13. The van der Waals surface area contributed by atoms with Gasteiger partial charge < -0.3 is 15.3 Å². The zero-order valence-electron chi connectivity index (χ0n) is 16.2. The van der Waals surface area contributed by atoms with Gasteiger partial charge in [-0.1, -0.05) is 29.8 Å². The molecule has 0 spiro atoms. The molecule has 7 nitrogen and oxygen atoms in total. The van der Waals surface area contributed by atoms with Crippen LogP contribution in [-0.4, -0.2) is 51.0 Å². The maximum atomic E-state index is 10.6. The maximum Gasteiger partial charge on any atom is 0.404 e. The number of nitrogens with one attached hydrogen (secondary N) is 1. The van der Waals surface area contributed by atoms with E-state index < -0.39 is 6.09 Å². The van der Waals surface area contributed by atoms with Crippen LogP contribution in [0.15, 0.2) is 36.5 Å². The summed E-state index contributed by atoms with van der Waals surface area (Å²) < 4.78 is 1.87. The third kappa shape index (κ3) is 4.61. The molecule has 1 amide bonds. The average molecular weight is 402 g/mol. The number of aromatic nitrogens is 3. The van der Waals surface area contributed by atoms with Crippen molar-refractivity contribution in [3.63, 3.8) is 0 Å². The number of carbonyl (C=O) groups is 1. The first-order valence-electron chi connectivity index (χ1n) is 9.13. The topological polar surface area (TPSA) is 83.3 Å². The first-order valence-corrected chi connectivity index (χ1v) is 9.51. The first-order chi connectivity index (χ1) is 13.3. The highest BCUT2D eigenvalue weighted by atomic mass is 35.5. The lowest BCUT2D eigenvalue weighted by Gasteiger charge is -2.17. The molecule has 0 saturated heterocycles. The normalized spacial score (nSPS) is 11.5. The minimum absolute atomic E-state index is 0.190. The fourth-order valence-corrected chi connectivity index (χ4v) is 3.32. The summed E-state index contributed by atoms with van der Waals surface area (Å²) >= 11 is 6.48. The summed E-state index contributed by atoms with van der Waals surface area (Å²) in [5.41, 5.74) is 3.68. The second-order valence-electron chi connectivity index (χ2n) is 7.08. The van der Waals surface area contributed by atoms with Crippen molar-refractivity contribution < 1.29 is 9.90 Å². The van der Waals surface area contributed by atoms with Crippen molar-refractivity contribution in [3.05, 3.63) is 47.1 Å². The van der Waals surface area contributed by atoms with Crippen molar-refractivity contribution in [2.75, 3.05) is 20.1 Å². The predicted octanol–water partition coefficient (Wildman–Crippen LogP) is 4.03. The van der Waals surface area contributed by atoms with Crippen molar-refractivity contribution in [3.8, 4) is 11.3 Å². The van der Waals surface area contributed by atoms with Crippen LogP contribution in [-0.2, 0) is 6.54 Å². The SMILES string of the molecule is CC(C)n1ncc2c(Cl)cc(-c3cccc(CN(C)CCNC(=O)O)c3)nc21. The predicted molar refractivity (Wildman–Crippen MR) is 111 cm³/mol. The Hall–Kier alpha value is -2.64. The average Bonchev–Trinajstić information content (AvgIpc) is 3.06. The Bertz CT molecular complexity index is 986. The van der Waals surface area contributed by atoms with Gasteiger partial charge in [0.15, 0.2) is 5.65 Å². The number of hydrogen-bond acceptors (Lipinski definition) is 4. The summed E-state index contributed by atoms with van der Waals surface area (Å²) in [5.74, 6) is 0. The van der Waals surface area contributed by atoms with Gasteiger partial charge in [-0.2, -0.15) is 5.10 Å². The van der Waals surface area contributed by atoms with Gasteiger partial charge in [-0.05, 0) is 38.6 Å². The van der Waals surface area contributed by atoms with E-state index in [1.807, 2.05) is 36.0 Å². The van der Waals surface area contributed by atoms with E-state index in [0.717, 1.165) is 27.9 Å². The van der Waals surface area contributed by atoms with E-state index in [2.05, 4.69) is 35.2 Å². The Morgan fingerprint density at radius 3 is 2.86 bits per heavy atom. The molecule has 0 bridgehead atoms. The second kappa shape index (κ2) is 8.58. The van der Waals surface area contributed by atoms with Crippen LogP contribution in [0.25, 0.3) is 22.3 Å². The van der Waals surface area contributed by atoms with Crippen molar-refractivity contribution in [2.24, 2.45) is 0 Å². The molecule has 0 saturated carbocycles. The van der Waals surface area contributed by atoms with Crippen LogP contribution in [0, 0.1) is 0 Å². The zero-order chi connectivity index (χ0) is 20.3. The van der Waals surface area contributed by atoms with E-state index in [1.165, 1.54) is 0 Å². The fourth-order valence-electron chi connectivity index (χ4n) is 3.08. The number of carboxylic acid groups (broad SMARTS) is 1. The molecule has 28 heavy (non-hydrogen) atoms. The van der Waals surface area contributed by atoms with Gasteiger partial charge in [0.05, 0.1) is 22.3 Å². The molecule has 0 atom stereocenters. The number of fused-ring (bicyclic) bond motifs is 1. The molecule has 2 heterocycles. The molecule has 1 aromatic carbocycles. The molecular formula is C20H24ClN5O2. The number of likely N-dealkylation sites (N-methyl/N-ethyl adjacent to an activating group) is 1. The van der Waals surface area contributed by atoms with E-state index in [9.17, 15) is 4.79 Å². The van der Waals surface area contributed by atoms with Crippen LogP contribution in [0.4, 0.5) is 4.79 Å². The highest BCUT2D eigenvalue weighted by molar-refractivity contribution is 6.35. The Morgan fingerprint density at radius 1 is 1.36 bits per heavy atom. The molecule has 0 radical (unpaired) electrons. The number of rotatable bonds is 7. The number of halogens is 1. The van der Waals surface area contributed by atoms with Crippen molar-refractivity contribution in [2.45, 2.75) is 26.4 Å². The molecule has 0 aliphatic carbocycles. The molecule has 2 N–H and O–H groups in total. The number of hydrogen-bond donors (Lipinski definition) is 2. The maximum absolute atomic E-state index is 10.6. The largest absolute Gasteiger partial charge is 0.465 e. The fraction of sp³-hybridized carbons (Fsp3) is 0.350. The van der Waals surface area contributed by atoms with Crippen LogP contribution >= 0.6 is 11.6 Å². The second-order valence-corrected chi connectivity index (χ2v) is 7.49. The van der Waals surface area contributed by atoms with Gasteiger partial charge in [-0.3, -0.25) is 0 Å². The third-order valence-corrected chi connectivity index (χ3v) is 4.76. The Kier molecular flexibility index (Phi) is 6.16. The Balaban J connectivity index is 1.83. The number of benzene rings is 1. The quantitative estimate of drug-likeness (QED) is 0.624. The lowest BCUT2D eigenvalue weighted by atomic mass is 10.1. The standard InChI is InChI=1S/C20H24ClN5O2/c1-13(2)26-19-16(11-23-26)17(21)10-18(24-19)15-6-4-5-14(9-15)12-25(3)8-7-22-20(27)28/h4-6,9-11,13,22H,7-8,12H2,1-3H3,(H,27,28). The molecule has 0 fully saturated rings. The number of nitrogens with zero attached hydrogens (tertiary/aromatic N) is 4. The Labute approximate surface area is 168 Å². The molecule has 2 aromatic heterocycles. The van der Waals surface area contributed by atoms with Crippen molar-refractivity contribution >= 4 is 28.7 Å². The molecule has 3 aromatic rings. The summed E-state index contributed by atoms with van der Waals surface area (Å²) in [7, 11) is 1.96. The lowest BCUT2D eigenvalue weighted by Crippen LogP contribution is -2.31. The Morgan fingerprint density at radius 2 is 2.14 bits per heavy atom. The van der Waals surface area contributed by atoms with Gasteiger partial charge in [0, 0.05) is 31.2 Å². The summed E-state index contributed by atoms with van der Waals surface area (Å²) in [6.07, 6.45) is 0.750. The summed E-state index contributed by atoms with van der Waals surface area (Å²) in [6, 6.07) is 10.2. The molecule has 0 unspecified atom stereocenters. The summed E-state index contributed by atoms with van der Waals surface area (Å²) in [5, 5.41) is 16.9. The van der Waals surface area contributed by atoms with E-state index in [0.29, 0.717) is 24.7 Å². The lowest BCUT2D eigenvalue weighted by molar-refractivity contribution is 0.192. The van der Waals surface area contributed by atoms with Gasteiger partial charge in [0.2, 0.25) is 0 Å². The molecule has 0 aliphatic rings. The van der Waals surface area contributed by atoms with Gasteiger partial charge in [-0.15, -0.1) is 0 Å². The van der Waals surface area contributed by atoms with E-state index >= 15 is 0 Å². The smallest absolute Gasteiger partial charge is 0.404 e. The van der Waals surface area contributed by atoms with Crippen molar-refractivity contribution in [1.29, 1.82) is 0 Å². The summed E-state index contributed by atoms with van der Waals surface area (Å²) in [4.78, 5) is 17.4. The molecule has 8 heteroatoms. The van der Waals surface area contributed by atoms with E-state index in [1.54, 1.807) is 6.20 Å². The van der Waals surface area contributed by atoms with Crippen LogP contribution < -0.4 is 5.32 Å². The van der Waals surface area contributed by atoms with Gasteiger partial charge >= 0.3 is 6.09 Å². The minimum atomic E-state index is -1.01. The van der Waals surface area contributed by atoms with E-state index in [4.69, 9.17) is 21.7 Å². The zero-order valence-corrected chi connectivity index (χ0v) is 16.9. The highest BCUT2D eigenvalue weighted by Crippen LogP contribution is 2.29. The van der Waals surface area contributed by atoms with Gasteiger partial charge in [0.25, 0.3) is 0 Å². The van der Waals surface area contributed by atoms with Crippen LogP contribution in [0.3, 0.4) is 0 Å². The molecule has 3 rings (SSSR count). The summed E-state index contributed by atoms with van der Waals surface area (Å²) in [6.45, 7) is 5.84. The molecule has 0 aliphatic heterocycles. The van der Waals surface area contributed by atoms with Crippen LogP contribution in [0.5, 0.6) is 0 Å². The monoisotopic (exact) mass is 401 g/mol. The van der Waals surface area contributed by atoms with Crippen molar-refractivity contribution in [1.82, 2.24) is 25.0 Å². The molecule has 148 valence electrons. The van der Waals surface area contributed by atoms with Gasteiger partial charge in [0.1, 0.15) is 0 Å². The molecular weight excluding hydrogens is 378 g/mol.